The molecule has 4 rings (SSSR count). The van der Waals surface area contributed by atoms with Gasteiger partial charge in [-0.05, 0) is 75.8 Å². The summed E-state index contributed by atoms with van der Waals surface area (Å²) >= 11 is 0. The molecule has 1 aliphatic rings. The third-order valence-electron chi connectivity index (χ3n) is 6.43. The highest BCUT2D eigenvalue weighted by molar-refractivity contribution is 5.98. The van der Waals surface area contributed by atoms with E-state index in [1.54, 1.807) is 4.68 Å². The van der Waals surface area contributed by atoms with Gasteiger partial charge in [0.15, 0.2) is 12.4 Å². The van der Waals surface area contributed by atoms with Crippen LogP contribution in [0.25, 0.3) is 5.69 Å². The van der Waals surface area contributed by atoms with Crippen LogP contribution in [0.2, 0.25) is 0 Å². The summed E-state index contributed by atoms with van der Waals surface area (Å²) in [7, 11) is 0. The second kappa shape index (κ2) is 10.7. The highest BCUT2D eigenvalue weighted by Crippen LogP contribution is 2.24. The van der Waals surface area contributed by atoms with Crippen LogP contribution in [-0.2, 0) is 27.2 Å². The lowest BCUT2D eigenvalue weighted by molar-refractivity contribution is -0.147. The van der Waals surface area contributed by atoms with E-state index in [2.05, 4.69) is 10.4 Å². The largest absolute Gasteiger partial charge is 0.456 e. The molecule has 7 nitrogen and oxygen atoms in total. The highest BCUT2D eigenvalue weighted by atomic mass is 16.5. The Bertz CT molecular complexity index is 1260. The molecule has 1 heterocycles. The first kappa shape index (κ1) is 24.4. The molecule has 7 heteroatoms. The number of carbonyl (C=O) groups is 3. The molecule has 0 spiro atoms. The fourth-order valence-electron chi connectivity index (χ4n) is 4.42. The molecule has 2 aromatic carbocycles. The summed E-state index contributed by atoms with van der Waals surface area (Å²) in [6.45, 7) is 5.28. The monoisotopic (exact) mass is 473 g/mol. The quantitative estimate of drug-likeness (QED) is 0.374. The van der Waals surface area contributed by atoms with Crippen molar-refractivity contribution in [2.75, 3.05) is 11.9 Å². The number of hydrogen-bond acceptors (Lipinski definition) is 5. The van der Waals surface area contributed by atoms with Crippen molar-refractivity contribution in [1.82, 2.24) is 9.78 Å². The molecule has 1 aromatic heterocycles. The molecule has 0 saturated heterocycles. The second-order valence-electron chi connectivity index (χ2n) is 9.12. The van der Waals surface area contributed by atoms with Gasteiger partial charge >= 0.3 is 5.97 Å². The molecule has 0 bridgehead atoms. The number of fused-ring (bicyclic) bond motifs is 1. The van der Waals surface area contributed by atoms with Crippen molar-refractivity contribution in [2.45, 2.75) is 59.3 Å². The van der Waals surface area contributed by atoms with Crippen LogP contribution in [0.15, 0.2) is 42.5 Å². The third-order valence-corrected chi connectivity index (χ3v) is 6.43. The molecular weight excluding hydrogens is 442 g/mol. The Morgan fingerprint density at radius 2 is 1.66 bits per heavy atom. The summed E-state index contributed by atoms with van der Waals surface area (Å²) in [6, 6.07) is 13.7. The highest BCUT2D eigenvalue weighted by Gasteiger charge is 2.18. The van der Waals surface area contributed by atoms with Crippen molar-refractivity contribution < 1.29 is 19.1 Å². The predicted octanol–water partition coefficient (Wildman–Crippen LogP) is 4.82. The van der Waals surface area contributed by atoms with E-state index in [4.69, 9.17) is 4.74 Å². The van der Waals surface area contributed by atoms with Crippen molar-refractivity contribution in [3.63, 3.8) is 0 Å². The first-order valence-corrected chi connectivity index (χ1v) is 12.1. The van der Waals surface area contributed by atoms with Crippen LogP contribution in [0.4, 0.5) is 5.69 Å². The number of aromatic nitrogens is 2. The summed E-state index contributed by atoms with van der Waals surface area (Å²) in [4.78, 5) is 37.1. The van der Waals surface area contributed by atoms with Gasteiger partial charge in [-0.1, -0.05) is 29.8 Å². The van der Waals surface area contributed by atoms with Crippen molar-refractivity contribution >= 4 is 23.3 Å². The fourth-order valence-corrected chi connectivity index (χ4v) is 4.42. The Kier molecular flexibility index (Phi) is 7.44. The number of nitrogens with zero attached hydrogens (tertiary/aromatic N) is 2. The van der Waals surface area contributed by atoms with E-state index in [0.717, 1.165) is 36.2 Å². The Labute approximate surface area is 205 Å². The van der Waals surface area contributed by atoms with Gasteiger partial charge in [-0.15, -0.1) is 0 Å². The maximum absolute atomic E-state index is 12.5. The van der Waals surface area contributed by atoms with E-state index < -0.39 is 18.5 Å². The van der Waals surface area contributed by atoms with Crippen molar-refractivity contribution in [3.05, 3.63) is 76.1 Å². The van der Waals surface area contributed by atoms with Gasteiger partial charge in [0, 0.05) is 12.0 Å². The van der Waals surface area contributed by atoms with Crippen molar-refractivity contribution in [2.24, 2.45) is 0 Å². The minimum atomic E-state index is -0.574. The number of amides is 1. The minimum Gasteiger partial charge on any atom is -0.456 e. The lowest BCUT2D eigenvalue weighted by Gasteiger charge is -2.16. The van der Waals surface area contributed by atoms with Crippen LogP contribution < -0.4 is 5.32 Å². The zero-order valence-electron chi connectivity index (χ0n) is 20.5. The van der Waals surface area contributed by atoms with E-state index in [9.17, 15) is 14.4 Å². The predicted molar refractivity (Wildman–Crippen MR) is 134 cm³/mol. The van der Waals surface area contributed by atoms with Gasteiger partial charge in [0.2, 0.25) is 0 Å². The van der Waals surface area contributed by atoms with Gasteiger partial charge in [0.05, 0.1) is 29.2 Å². The lowest BCUT2D eigenvalue weighted by Crippen LogP contribution is -2.21. The average Bonchev–Trinajstić information content (AvgIpc) is 3.14. The summed E-state index contributed by atoms with van der Waals surface area (Å²) in [5.74, 6) is -1.11. The molecule has 35 heavy (non-hydrogen) atoms. The number of ether oxygens (including phenoxy) is 1. The van der Waals surface area contributed by atoms with Gasteiger partial charge in [0.25, 0.3) is 5.91 Å². The molecule has 0 radical (unpaired) electrons. The number of aryl methyl sites for hydroxylation is 4. The lowest BCUT2D eigenvalue weighted by atomic mass is 9.89. The van der Waals surface area contributed by atoms with E-state index >= 15 is 0 Å². The number of benzene rings is 2. The molecule has 3 aromatic rings. The topological polar surface area (TPSA) is 90.3 Å². The van der Waals surface area contributed by atoms with Crippen LogP contribution in [0.5, 0.6) is 0 Å². The Morgan fingerprint density at radius 1 is 0.943 bits per heavy atom. The Balaban J connectivity index is 1.27. The van der Waals surface area contributed by atoms with E-state index in [1.807, 2.05) is 63.2 Å². The molecular formula is C28H31N3O4. The summed E-state index contributed by atoms with van der Waals surface area (Å²) < 4.78 is 6.87. The van der Waals surface area contributed by atoms with Crippen LogP contribution >= 0.6 is 0 Å². The number of anilines is 1. The van der Waals surface area contributed by atoms with Gasteiger partial charge in [0.1, 0.15) is 0 Å². The number of esters is 1. The van der Waals surface area contributed by atoms with Gasteiger partial charge in [-0.3, -0.25) is 14.4 Å². The van der Waals surface area contributed by atoms with Crippen molar-refractivity contribution in [3.8, 4) is 5.69 Å². The summed E-state index contributed by atoms with van der Waals surface area (Å²) in [5, 5.41) is 7.31. The van der Waals surface area contributed by atoms with E-state index in [1.165, 1.54) is 17.5 Å². The number of hydrogen-bond donors (Lipinski definition) is 1. The molecule has 182 valence electrons. The van der Waals surface area contributed by atoms with Crippen LogP contribution in [0.1, 0.15) is 64.1 Å². The van der Waals surface area contributed by atoms with E-state index in [-0.39, 0.29) is 18.6 Å². The van der Waals surface area contributed by atoms with Gasteiger partial charge < -0.3 is 10.1 Å². The van der Waals surface area contributed by atoms with Crippen LogP contribution in [0.3, 0.4) is 0 Å². The molecule has 1 aliphatic carbocycles. The number of Topliss-reactive ketones (excluding diaryl/α,β-unsaturated/α-hetero) is 1. The van der Waals surface area contributed by atoms with Gasteiger partial charge in [-0.2, -0.15) is 5.10 Å². The van der Waals surface area contributed by atoms with Crippen molar-refractivity contribution in [1.29, 1.82) is 0 Å². The number of ketones is 1. The van der Waals surface area contributed by atoms with Crippen LogP contribution in [-0.4, -0.2) is 34.0 Å². The molecule has 0 aliphatic heterocycles. The SMILES string of the molecule is Cc1ccc(-n2nc(C)c(NC(=O)COC(=O)CCC(=O)c3ccc4c(c3)CCCC4)c2C)cc1. The fraction of sp³-hybridized carbons (Fsp3) is 0.357. The molecule has 0 atom stereocenters. The molecule has 0 fully saturated rings. The molecule has 1 amide bonds. The van der Waals surface area contributed by atoms with Crippen LogP contribution in [0, 0.1) is 20.8 Å². The van der Waals surface area contributed by atoms with Gasteiger partial charge in [-0.25, -0.2) is 4.68 Å². The number of rotatable bonds is 8. The second-order valence-corrected chi connectivity index (χ2v) is 9.12. The number of nitrogens with one attached hydrogen (secondary N) is 1. The third kappa shape index (κ3) is 5.85. The maximum atomic E-state index is 12.5. The first-order valence-electron chi connectivity index (χ1n) is 12.1. The minimum absolute atomic E-state index is 0.0563. The van der Waals surface area contributed by atoms with E-state index in [0.29, 0.717) is 16.9 Å². The average molecular weight is 474 g/mol. The maximum Gasteiger partial charge on any atom is 0.306 e. The summed E-state index contributed by atoms with van der Waals surface area (Å²) in [6.07, 6.45) is 4.38. The zero-order valence-corrected chi connectivity index (χ0v) is 20.5. The smallest absolute Gasteiger partial charge is 0.306 e. The molecule has 0 unspecified atom stereocenters. The molecule has 0 saturated carbocycles. The summed E-state index contributed by atoms with van der Waals surface area (Å²) in [5.41, 5.74) is 7.26. The standard InChI is InChI=1S/C28H31N3O4/c1-18-8-12-24(13-9-18)31-20(3)28(19(2)30-31)29-26(33)17-35-27(34)15-14-25(32)23-11-10-21-6-4-5-7-22(21)16-23/h8-13,16H,4-7,14-15,17H2,1-3H3,(H,29,33). The first-order chi connectivity index (χ1) is 16.8. The molecule has 1 N–H and O–H groups in total. The zero-order chi connectivity index (χ0) is 24.9. The Morgan fingerprint density at radius 3 is 2.40 bits per heavy atom. The normalized spacial score (nSPS) is 12.7. The number of carbonyl (C=O) groups excluding carboxylic acids is 3. The Hall–Kier alpha value is -3.74.